The quantitative estimate of drug-likeness (QED) is 0.640. The van der Waals surface area contributed by atoms with Gasteiger partial charge in [0.1, 0.15) is 9.88 Å². The van der Waals surface area contributed by atoms with Gasteiger partial charge in [-0.3, -0.25) is 9.48 Å². The zero-order valence-corrected chi connectivity index (χ0v) is 17.4. The maximum Gasteiger partial charge on any atom is 0.348 e. The number of hydrogen-bond acceptors (Lipinski definition) is 7. The van der Waals surface area contributed by atoms with Crippen molar-refractivity contribution < 1.29 is 23.9 Å². The van der Waals surface area contributed by atoms with E-state index >= 15 is 0 Å². The van der Waals surface area contributed by atoms with E-state index < -0.39 is 11.9 Å². The van der Waals surface area contributed by atoms with Crippen LogP contribution in [0.1, 0.15) is 57.8 Å². The van der Waals surface area contributed by atoms with Crippen molar-refractivity contribution in [3.8, 4) is 0 Å². The second-order valence-corrected chi connectivity index (χ2v) is 7.22. The highest BCUT2D eigenvalue weighted by molar-refractivity contribution is 7.18. The van der Waals surface area contributed by atoms with Gasteiger partial charge >= 0.3 is 11.9 Å². The smallest absolute Gasteiger partial charge is 0.348 e. The van der Waals surface area contributed by atoms with Crippen molar-refractivity contribution in [3.63, 3.8) is 0 Å². The summed E-state index contributed by atoms with van der Waals surface area (Å²) in [4.78, 5) is 37.3. The Balaban J connectivity index is 2.19. The van der Waals surface area contributed by atoms with Gasteiger partial charge in [-0.1, -0.05) is 6.92 Å². The number of amides is 1. The Morgan fingerprint density at radius 2 is 1.93 bits per heavy atom. The van der Waals surface area contributed by atoms with Crippen LogP contribution in [0.3, 0.4) is 0 Å². The second-order valence-electron chi connectivity index (χ2n) is 6.20. The summed E-state index contributed by atoms with van der Waals surface area (Å²) in [5, 5.41) is 7.17. The number of esters is 2. The number of rotatable bonds is 9. The molecule has 0 saturated heterocycles. The van der Waals surface area contributed by atoms with Crippen molar-refractivity contribution in [1.29, 1.82) is 0 Å². The number of aryl methyl sites for hydroxylation is 2. The third-order valence-electron chi connectivity index (χ3n) is 3.83. The van der Waals surface area contributed by atoms with E-state index in [2.05, 4.69) is 10.4 Å². The maximum absolute atomic E-state index is 12.5. The van der Waals surface area contributed by atoms with Crippen molar-refractivity contribution in [1.82, 2.24) is 9.78 Å². The Morgan fingerprint density at radius 1 is 1.18 bits per heavy atom. The van der Waals surface area contributed by atoms with Crippen LogP contribution in [-0.4, -0.2) is 40.8 Å². The van der Waals surface area contributed by atoms with E-state index in [4.69, 9.17) is 9.47 Å². The van der Waals surface area contributed by atoms with E-state index in [-0.39, 0.29) is 36.0 Å². The lowest BCUT2D eigenvalue weighted by molar-refractivity contribution is -0.116. The fourth-order valence-electron chi connectivity index (χ4n) is 2.50. The van der Waals surface area contributed by atoms with E-state index in [0.29, 0.717) is 23.5 Å². The predicted octanol–water partition coefficient (Wildman–Crippen LogP) is 3.33. The molecule has 0 aliphatic heterocycles. The molecule has 0 aliphatic carbocycles. The number of hydrogen-bond donors (Lipinski definition) is 1. The standard InChI is InChI=1S/C19H25N3O5S/c1-5-9-27-18(24)15-13(4)16(19(25)26-6-2)28-17(15)21-14(23)7-8-22-11-12(3)10-20-22/h10-11H,5-9H2,1-4H3,(H,21,23). The van der Waals surface area contributed by atoms with Crippen LogP contribution < -0.4 is 5.32 Å². The maximum atomic E-state index is 12.5. The van der Waals surface area contributed by atoms with Crippen LogP contribution in [-0.2, 0) is 20.8 Å². The van der Waals surface area contributed by atoms with Crippen LogP contribution in [0.15, 0.2) is 12.4 Å². The van der Waals surface area contributed by atoms with Gasteiger partial charge in [0.15, 0.2) is 0 Å². The molecule has 0 aliphatic rings. The van der Waals surface area contributed by atoms with Gasteiger partial charge in [-0.2, -0.15) is 5.10 Å². The summed E-state index contributed by atoms with van der Waals surface area (Å²) in [6.45, 7) is 8.04. The largest absolute Gasteiger partial charge is 0.462 e. The zero-order valence-electron chi connectivity index (χ0n) is 16.5. The molecule has 2 heterocycles. The number of anilines is 1. The van der Waals surface area contributed by atoms with Gasteiger partial charge in [-0.15, -0.1) is 11.3 Å². The molecule has 2 aromatic heterocycles. The molecule has 152 valence electrons. The molecule has 0 radical (unpaired) electrons. The molecule has 1 N–H and O–H groups in total. The van der Waals surface area contributed by atoms with Gasteiger partial charge in [-0.25, -0.2) is 9.59 Å². The minimum Gasteiger partial charge on any atom is -0.462 e. The number of carbonyl (C=O) groups is 3. The van der Waals surface area contributed by atoms with Crippen LogP contribution in [0.5, 0.6) is 0 Å². The average Bonchev–Trinajstić information content (AvgIpc) is 3.21. The molecule has 28 heavy (non-hydrogen) atoms. The second kappa shape index (κ2) is 10.0. The van der Waals surface area contributed by atoms with Crippen LogP contribution >= 0.6 is 11.3 Å². The first kappa shape index (κ1) is 21.6. The molecule has 8 nitrogen and oxygen atoms in total. The van der Waals surface area contributed by atoms with E-state index in [0.717, 1.165) is 16.9 Å². The molecule has 0 spiro atoms. The third-order valence-corrected chi connectivity index (χ3v) is 5.02. The zero-order chi connectivity index (χ0) is 20.7. The van der Waals surface area contributed by atoms with Gasteiger partial charge in [0.2, 0.25) is 5.91 Å². The Morgan fingerprint density at radius 3 is 2.54 bits per heavy atom. The van der Waals surface area contributed by atoms with Crippen LogP contribution in [0, 0.1) is 13.8 Å². The van der Waals surface area contributed by atoms with Gasteiger partial charge in [-0.05, 0) is 38.3 Å². The van der Waals surface area contributed by atoms with Crippen LogP contribution in [0.2, 0.25) is 0 Å². The van der Waals surface area contributed by atoms with Gasteiger partial charge in [0, 0.05) is 19.2 Å². The number of thiophene rings is 1. The van der Waals surface area contributed by atoms with E-state index in [1.54, 1.807) is 24.7 Å². The molecule has 2 aromatic rings. The lowest BCUT2D eigenvalue weighted by Crippen LogP contribution is -2.17. The van der Waals surface area contributed by atoms with Crippen molar-refractivity contribution >= 4 is 34.2 Å². The predicted molar refractivity (Wildman–Crippen MR) is 106 cm³/mol. The Kier molecular flexibility index (Phi) is 7.74. The summed E-state index contributed by atoms with van der Waals surface area (Å²) < 4.78 is 11.9. The summed E-state index contributed by atoms with van der Waals surface area (Å²) in [6, 6.07) is 0. The van der Waals surface area contributed by atoms with E-state index in [9.17, 15) is 14.4 Å². The van der Waals surface area contributed by atoms with Crippen molar-refractivity contribution in [2.45, 2.75) is 47.1 Å². The monoisotopic (exact) mass is 407 g/mol. The van der Waals surface area contributed by atoms with Gasteiger partial charge in [0.05, 0.1) is 25.0 Å². The molecule has 9 heteroatoms. The van der Waals surface area contributed by atoms with Gasteiger partial charge in [0.25, 0.3) is 0 Å². The molecule has 1 amide bonds. The lowest BCUT2D eigenvalue weighted by Gasteiger charge is -2.08. The molecule has 2 rings (SSSR count). The molecule has 0 fully saturated rings. The highest BCUT2D eigenvalue weighted by Crippen LogP contribution is 2.34. The number of carbonyl (C=O) groups excluding carboxylic acids is 3. The highest BCUT2D eigenvalue weighted by Gasteiger charge is 2.27. The Hall–Kier alpha value is -2.68. The lowest BCUT2D eigenvalue weighted by atomic mass is 10.1. The Labute approximate surface area is 167 Å². The number of nitrogens with one attached hydrogen (secondary N) is 1. The van der Waals surface area contributed by atoms with Crippen LogP contribution in [0.4, 0.5) is 5.00 Å². The fraction of sp³-hybridized carbons (Fsp3) is 0.474. The minimum absolute atomic E-state index is 0.177. The van der Waals surface area contributed by atoms with Crippen molar-refractivity contribution in [2.24, 2.45) is 0 Å². The van der Waals surface area contributed by atoms with Crippen molar-refractivity contribution in [2.75, 3.05) is 18.5 Å². The highest BCUT2D eigenvalue weighted by atomic mass is 32.1. The molecular weight excluding hydrogens is 382 g/mol. The summed E-state index contributed by atoms with van der Waals surface area (Å²) in [5.74, 6) is -1.37. The van der Waals surface area contributed by atoms with E-state index in [1.807, 2.05) is 20.0 Å². The third kappa shape index (κ3) is 5.41. The van der Waals surface area contributed by atoms with E-state index in [1.165, 1.54) is 0 Å². The average molecular weight is 407 g/mol. The SMILES string of the molecule is CCCOC(=O)c1c(NC(=O)CCn2cc(C)cn2)sc(C(=O)OCC)c1C. The summed E-state index contributed by atoms with van der Waals surface area (Å²) in [6.07, 6.45) is 4.41. The molecule has 0 bridgehead atoms. The summed E-state index contributed by atoms with van der Waals surface area (Å²) in [7, 11) is 0. The van der Waals surface area contributed by atoms with Gasteiger partial charge < -0.3 is 14.8 Å². The molecule has 0 atom stereocenters. The first-order valence-corrected chi connectivity index (χ1v) is 9.95. The number of ether oxygens (including phenoxy) is 2. The molecule has 0 unspecified atom stereocenters. The molecular formula is C19H25N3O5S. The normalized spacial score (nSPS) is 10.6. The fourth-order valence-corrected chi connectivity index (χ4v) is 3.60. The molecule has 0 aromatic carbocycles. The molecule has 0 saturated carbocycles. The first-order valence-electron chi connectivity index (χ1n) is 9.13. The summed E-state index contributed by atoms with van der Waals surface area (Å²) in [5.41, 5.74) is 1.65. The van der Waals surface area contributed by atoms with Crippen LogP contribution in [0.25, 0.3) is 0 Å². The number of aromatic nitrogens is 2. The summed E-state index contributed by atoms with van der Waals surface area (Å²) >= 11 is 1.02. The Bertz CT molecular complexity index is 856. The number of nitrogens with zero attached hydrogens (tertiary/aromatic N) is 2. The topological polar surface area (TPSA) is 99.5 Å². The minimum atomic E-state index is -0.566. The van der Waals surface area contributed by atoms with Crippen molar-refractivity contribution in [3.05, 3.63) is 34.0 Å². The first-order chi connectivity index (χ1) is 13.4.